The normalized spacial score (nSPS) is 17.5. The zero-order chi connectivity index (χ0) is 13.9. The lowest BCUT2D eigenvalue weighted by molar-refractivity contribution is -0.136. The second kappa shape index (κ2) is 10.2. The lowest BCUT2D eigenvalue weighted by Gasteiger charge is -2.22. The summed E-state index contributed by atoms with van der Waals surface area (Å²) in [5, 5.41) is 0. The molecule has 19 heavy (non-hydrogen) atoms. The monoisotopic (exact) mass is 271 g/mol. The van der Waals surface area contributed by atoms with Crippen molar-refractivity contribution in [2.75, 3.05) is 52.5 Å². The van der Waals surface area contributed by atoms with Crippen LogP contribution in [0.25, 0.3) is 0 Å². The molecule has 0 aromatic carbocycles. The molecule has 1 fully saturated rings. The van der Waals surface area contributed by atoms with Crippen LogP contribution in [0, 0.1) is 0 Å². The molecule has 1 rings (SSSR count). The van der Waals surface area contributed by atoms with Crippen LogP contribution in [0.15, 0.2) is 0 Å². The Morgan fingerprint density at radius 3 is 2.79 bits per heavy atom. The molecule has 0 unspecified atom stereocenters. The van der Waals surface area contributed by atoms with E-state index in [0.29, 0.717) is 6.61 Å². The van der Waals surface area contributed by atoms with E-state index in [9.17, 15) is 4.79 Å². The summed E-state index contributed by atoms with van der Waals surface area (Å²) in [7, 11) is 0. The van der Waals surface area contributed by atoms with Crippen LogP contribution in [0.3, 0.4) is 0 Å². The van der Waals surface area contributed by atoms with E-state index in [1.807, 2.05) is 4.90 Å². The van der Waals surface area contributed by atoms with Crippen molar-refractivity contribution in [3.63, 3.8) is 0 Å². The molecular weight excluding hydrogens is 242 g/mol. The first kappa shape index (κ1) is 16.4. The first-order chi connectivity index (χ1) is 9.27. The maximum Gasteiger partial charge on any atom is 0.248 e. The fourth-order valence-electron chi connectivity index (χ4n) is 2.32. The average molecular weight is 271 g/mol. The number of unbranched alkanes of at least 4 members (excludes halogenated alkanes) is 1. The summed E-state index contributed by atoms with van der Waals surface area (Å²) in [5.41, 5.74) is 5.51. The summed E-state index contributed by atoms with van der Waals surface area (Å²) >= 11 is 0. The molecule has 1 aliphatic rings. The van der Waals surface area contributed by atoms with Gasteiger partial charge in [0, 0.05) is 26.2 Å². The Morgan fingerprint density at radius 1 is 1.21 bits per heavy atom. The van der Waals surface area contributed by atoms with Gasteiger partial charge in [-0.1, -0.05) is 6.92 Å². The van der Waals surface area contributed by atoms with E-state index in [1.54, 1.807) is 0 Å². The minimum Gasteiger partial charge on any atom is -0.372 e. The first-order valence-electron chi connectivity index (χ1n) is 7.56. The molecule has 0 aromatic rings. The van der Waals surface area contributed by atoms with Crippen molar-refractivity contribution >= 4 is 5.91 Å². The number of hydrogen-bond acceptors (Lipinski definition) is 4. The van der Waals surface area contributed by atoms with Gasteiger partial charge in [0.05, 0.1) is 0 Å². The van der Waals surface area contributed by atoms with Crippen LogP contribution >= 0.6 is 0 Å². The van der Waals surface area contributed by atoms with E-state index >= 15 is 0 Å². The Labute approximate surface area is 117 Å². The highest BCUT2D eigenvalue weighted by Gasteiger charge is 2.18. The number of rotatable bonds is 8. The number of hydrogen-bond donors (Lipinski definition) is 1. The Balaban J connectivity index is 2.22. The summed E-state index contributed by atoms with van der Waals surface area (Å²) in [6.07, 6.45) is 4.26. The highest BCUT2D eigenvalue weighted by atomic mass is 16.5. The maximum absolute atomic E-state index is 12.0. The van der Waals surface area contributed by atoms with E-state index in [-0.39, 0.29) is 12.5 Å². The van der Waals surface area contributed by atoms with Gasteiger partial charge in [0.15, 0.2) is 0 Å². The van der Waals surface area contributed by atoms with Crippen molar-refractivity contribution in [1.29, 1.82) is 0 Å². The molecule has 5 heteroatoms. The molecule has 0 bridgehead atoms. The van der Waals surface area contributed by atoms with Crippen molar-refractivity contribution in [3.8, 4) is 0 Å². The third-order valence-electron chi connectivity index (χ3n) is 3.44. The molecular formula is C14H29N3O2. The second-order valence-electron chi connectivity index (χ2n) is 5.12. The lowest BCUT2D eigenvalue weighted by atomic mass is 10.3. The van der Waals surface area contributed by atoms with Crippen molar-refractivity contribution in [3.05, 3.63) is 0 Å². The molecule has 0 radical (unpaired) electrons. The van der Waals surface area contributed by atoms with Crippen LogP contribution in [0.1, 0.15) is 32.6 Å². The van der Waals surface area contributed by atoms with Crippen molar-refractivity contribution in [2.24, 2.45) is 5.73 Å². The number of ether oxygens (including phenoxy) is 1. The molecule has 5 nitrogen and oxygen atoms in total. The van der Waals surface area contributed by atoms with Crippen LogP contribution in [0.5, 0.6) is 0 Å². The van der Waals surface area contributed by atoms with Gasteiger partial charge < -0.3 is 20.3 Å². The standard InChI is InChI=1S/C14H29N3O2/c1-2-12-19-13-14(18)17-9-5-8-16(10-11-17)7-4-3-6-15/h2-13,15H2,1H3. The Bertz CT molecular complexity index is 249. The van der Waals surface area contributed by atoms with E-state index in [0.717, 1.165) is 65.0 Å². The molecule has 1 saturated heterocycles. The van der Waals surface area contributed by atoms with Gasteiger partial charge in [-0.2, -0.15) is 0 Å². The van der Waals surface area contributed by atoms with Gasteiger partial charge in [0.2, 0.25) is 5.91 Å². The zero-order valence-corrected chi connectivity index (χ0v) is 12.3. The van der Waals surface area contributed by atoms with Gasteiger partial charge in [0.25, 0.3) is 0 Å². The van der Waals surface area contributed by atoms with E-state index in [1.165, 1.54) is 0 Å². The number of carbonyl (C=O) groups is 1. The minimum atomic E-state index is 0.136. The largest absolute Gasteiger partial charge is 0.372 e. The summed E-state index contributed by atoms with van der Waals surface area (Å²) in [6, 6.07) is 0. The SMILES string of the molecule is CCCOCC(=O)N1CCCN(CCCCN)CC1. The molecule has 0 aliphatic carbocycles. The van der Waals surface area contributed by atoms with Crippen LogP contribution in [-0.4, -0.2) is 68.2 Å². The molecule has 1 heterocycles. The van der Waals surface area contributed by atoms with Crippen molar-refractivity contribution in [2.45, 2.75) is 32.6 Å². The number of nitrogens with zero attached hydrogens (tertiary/aromatic N) is 2. The van der Waals surface area contributed by atoms with E-state index < -0.39 is 0 Å². The van der Waals surface area contributed by atoms with Gasteiger partial charge in [-0.3, -0.25) is 4.79 Å². The Hall–Kier alpha value is -0.650. The Morgan fingerprint density at radius 2 is 2.05 bits per heavy atom. The topological polar surface area (TPSA) is 58.8 Å². The van der Waals surface area contributed by atoms with Gasteiger partial charge in [-0.05, 0) is 45.3 Å². The quantitative estimate of drug-likeness (QED) is 0.660. The third kappa shape index (κ3) is 6.89. The molecule has 0 aromatic heterocycles. The number of nitrogens with two attached hydrogens (primary N) is 1. The van der Waals surface area contributed by atoms with Gasteiger partial charge in [0.1, 0.15) is 6.61 Å². The number of amides is 1. The maximum atomic E-state index is 12.0. The predicted octanol–water partition coefficient (Wildman–Crippen LogP) is 0.686. The van der Waals surface area contributed by atoms with Crippen LogP contribution in [0.2, 0.25) is 0 Å². The van der Waals surface area contributed by atoms with Gasteiger partial charge >= 0.3 is 0 Å². The van der Waals surface area contributed by atoms with Crippen LogP contribution < -0.4 is 5.73 Å². The van der Waals surface area contributed by atoms with Gasteiger partial charge in [-0.25, -0.2) is 0 Å². The van der Waals surface area contributed by atoms with Crippen LogP contribution in [-0.2, 0) is 9.53 Å². The summed E-state index contributed by atoms with van der Waals surface area (Å²) in [6.45, 7) is 8.59. The molecule has 112 valence electrons. The van der Waals surface area contributed by atoms with E-state index in [4.69, 9.17) is 10.5 Å². The first-order valence-corrected chi connectivity index (χ1v) is 7.56. The highest BCUT2D eigenvalue weighted by molar-refractivity contribution is 5.77. The molecule has 0 saturated carbocycles. The molecule has 1 aliphatic heterocycles. The smallest absolute Gasteiger partial charge is 0.248 e. The van der Waals surface area contributed by atoms with Crippen molar-refractivity contribution < 1.29 is 9.53 Å². The summed E-state index contributed by atoms with van der Waals surface area (Å²) in [4.78, 5) is 16.3. The fourth-order valence-corrected chi connectivity index (χ4v) is 2.32. The van der Waals surface area contributed by atoms with Crippen molar-refractivity contribution in [1.82, 2.24) is 9.80 Å². The molecule has 1 amide bonds. The third-order valence-corrected chi connectivity index (χ3v) is 3.44. The van der Waals surface area contributed by atoms with E-state index in [2.05, 4.69) is 11.8 Å². The van der Waals surface area contributed by atoms with Gasteiger partial charge in [-0.15, -0.1) is 0 Å². The summed E-state index contributed by atoms with van der Waals surface area (Å²) < 4.78 is 5.33. The lowest BCUT2D eigenvalue weighted by Crippen LogP contribution is -2.37. The molecule has 0 spiro atoms. The second-order valence-corrected chi connectivity index (χ2v) is 5.12. The minimum absolute atomic E-state index is 0.136. The molecule has 2 N–H and O–H groups in total. The highest BCUT2D eigenvalue weighted by Crippen LogP contribution is 2.05. The average Bonchev–Trinajstić information content (AvgIpc) is 2.65. The fraction of sp³-hybridized carbons (Fsp3) is 0.929. The molecule has 0 atom stereocenters. The summed E-state index contributed by atoms with van der Waals surface area (Å²) in [5.74, 6) is 0.136. The zero-order valence-electron chi connectivity index (χ0n) is 12.3. The number of carbonyl (C=O) groups excluding carboxylic acids is 1. The predicted molar refractivity (Wildman–Crippen MR) is 77.0 cm³/mol. The van der Waals surface area contributed by atoms with Crippen LogP contribution in [0.4, 0.5) is 0 Å². The Kier molecular flexibility index (Phi) is 8.79.